The van der Waals surface area contributed by atoms with Gasteiger partial charge in [-0.05, 0) is 65.7 Å². The van der Waals surface area contributed by atoms with Crippen molar-refractivity contribution in [3.8, 4) is 0 Å². The van der Waals surface area contributed by atoms with E-state index in [-0.39, 0.29) is 37.9 Å². The fraction of sp³-hybridized carbons (Fsp3) is 0. The zero-order valence-corrected chi connectivity index (χ0v) is 26.6. The molecule has 0 saturated carbocycles. The van der Waals surface area contributed by atoms with Crippen LogP contribution >= 0.6 is 0 Å². The highest BCUT2D eigenvalue weighted by atomic mass is 32.2. The van der Waals surface area contributed by atoms with Gasteiger partial charge >= 0.3 is 0 Å². The molecule has 246 valence electrons. The molecular formula is C30H23N5O10S3. The summed E-state index contributed by atoms with van der Waals surface area (Å²) in [6.45, 7) is 0. The molecule has 0 unspecified atom stereocenters. The molecule has 0 aliphatic heterocycles. The van der Waals surface area contributed by atoms with E-state index in [1.54, 1.807) is 24.3 Å². The predicted octanol–water partition coefficient (Wildman–Crippen LogP) is 6.67. The van der Waals surface area contributed by atoms with E-state index in [1.807, 2.05) is 0 Å². The summed E-state index contributed by atoms with van der Waals surface area (Å²) >= 11 is 0. The Bertz CT molecular complexity index is 2500. The molecule has 0 spiro atoms. The second kappa shape index (κ2) is 13.0. The van der Waals surface area contributed by atoms with Gasteiger partial charge in [0.05, 0.1) is 16.3 Å². The highest BCUT2D eigenvalue weighted by Crippen LogP contribution is 2.35. The highest BCUT2D eigenvalue weighted by Gasteiger charge is 2.20. The van der Waals surface area contributed by atoms with E-state index in [1.165, 1.54) is 72.8 Å². The summed E-state index contributed by atoms with van der Waals surface area (Å²) in [6, 6.07) is 21.8. The number of fused-ring (bicyclic) bond motifs is 1. The van der Waals surface area contributed by atoms with E-state index in [4.69, 9.17) is 10.3 Å². The van der Waals surface area contributed by atoms with E-state index >= 15 is 0 Å². The number of hydrogen-bond acceptors (Lipinski definition) is 11. The van der Waals surface area contributed by atoms with Gasteiger partial charge in [-0.25, -0.2) is 0 Å². The summed E-state index contributed by atoms with van der Waals surface area (Å²) in [7, 11) is -14.0. The number of nitrogens with zero attached hydrogens (tertiary/aromatic N) is 4. The number of hydrogen-bond donors (Lipinski definition) is 4. The minimum absolute atomic E-state index is 0.0255. The lowest BCUT2D eigenvalue weighted by molar-refractivity contribution is -0.435. The maximum absolute atomic E-state index is 13.2. The molecule has 48 heavy (non-hydrogen) atoms. The van der Waals surface area contributed by atoms with Gasteiger partial charge in [0.1, 0.15) is 15.5 Å². The van der Waals surface area contributed by atoms with Crippen LogP contribution in [0, 0.1) is 5.21 Å². The number of anilines is 1. The van der Waals surface area contributed by atoms with Crippen LogP contribution in [0.2, 0.25) is 0 Å². The second-order valence-corrected chi connectivity index (χ2v) is 14.2. The SMILES string of the molecule is Nc1ccc(C=Cc2ccc([N+]([O-])=Nc3ccc(N=Nc4ccc(S(=O)(=O)O)cc4)c4ccccc34)cc2S(=O)(=O)O)c(S(=O)(=O)O)c1. The molecule has 0 saturated heterocycles. The molecule has 0 heterocycles. The minimum Gasteiger partial charge on any atom is -0.594 e. The quantitative estimate of drug-likeness (QED) is 0.0314. The molecule has 0 aromatic heterocycles. The van der Waals surface area contributed by atoms with Crippen LogP contribution in [0.25, 0.3) is 22.9 Å². The maximum atomic E-state index is 13.2. The number of benzene rings is 5. The number of azo groups is 2. The molecule has 15 nitrogen and oxygen atoms in total. The fourth-order valence-electron chi connectivity index (χ4n) is 4.49. The summed E-state index contributed by atoms with van der Waals surface area (Å²) in [6.07, 6.45) is 2.36. The van der Waals surface area contributed by atoms with Crippen LogP contribution in [0.1, 0.15) is 11.1 Å². The lowest BCUT2D eigenvalue weighted by Gasteiger charge is -2.08. The molecule has 0 fully saturated rings. The molecule has 0 radical (unpaired) electrons. The van der Waals surface area contributed by atoms with Gasteiger partial charge in [-0.1, -0.05) is 47.3 Å². The van der Waals surface area contributed by atoms with Crippen molar-refractivity contribution in [2.24, 2.45) is 15.3 Å². The lowest BCUT2D eigenvalue weighted by atomic mass is 10.1. The number of nitrogen functional groups attached to an aromatic ring is 1. The average molecular weight is 710 g/mol. The Morgan fingerprint density at radius 1 is 0.625 bits per heavy atom. The third-order valence-corrected chi connectivity index (χ3v) is 9.42. The first-order valence-corrected chi connectivity index (χ1v) is 17.7. The van der Waals surface area contributed by atoms with Crippen LogP contribution in [0.15, 0.2) is 127 Å². The van der Waals surface area contributed by atoms with Crippen LogP contribution in [-0.4, -0.2) is 43.8 Å². The Labute approximate surface area is 273 Å². The molecule has 5 aromatic carbocycles. The van der Waals surface area contributed by atoms with Crippen molar-refractivity contribution in [1.82, 2.24) is 0 Å². The number of nitrogens with two attached hydrogens (primary N) is 1. The summed E-state index contributed by atoms with van der Waals surface area (Å²) in [4.78, 5) is -1.36. The average Bonchev–Trinajstić information content (AvgIpc) is 3.02. The van der Waals surface area contributed by atoms with Crippen LogP contribution < -0.4 is 5.73 Å². The van der Waals surface area contributed by atoms with Crippen LogP contribution in [0.4, 0.5) is 28.4 Å². The van der Waals surface area contributed by atoms with E-state index in [9.17, 15) is 39.6 Å². The molecule has 0 aliphatic rings. The van der Waals surface area contributed by atoms with Gasteiger partial charge < -0.3 is 10.9 Å². The van der Waals surface area contributed by atoms with Crippen molar-refractivity contribution < 1.29 is 43.8 Å². The smallest absolute Gasteiger partial charge is 0.295 e. The van der Waals surface area contributed by atoms with Crippen LogP contribution in [-0.2, 0) is 30.4 Å². The molecule has 0 aliphatic carbocycles. The van der Waals surface area contributed by atoms with E-state index in [0.29, 0.717) is 22.1 Å². The van der Waals surface area contributed by atoms with Gasteiger partial charge in [0.25, 0.3) is 30.4 Å². The van der Waals surface area contributed by atoms with E-state index in [2.05, 4.69) is 15.3 Å². The van der Waals surface area contributed by atoms with Crippen molar-refractivity contribution in [2.75, 3.05) is 5.73 Å². The molecular weight excluding hydrogens is 687 g/mol. The first kappa shape index (κ1) is 34.0. The maximum Gasteiger partial charge on any atom is 0.295 e. The van der Waals surface area contributed by atoms with Crippen molar-refractivity contribution in [2.45, 2.75) is 14.7 Å². The molecule has 5 N–H and O–H groups in total. The van der Waals surface area contributed by atoms with Crippen molar-refractivity contribution >= 4 is 81.7 Å². The van der Waals surface area contributed by atoms with Gasteiger partial charge in [0.2, 0.25) is 5.69 Å². The van der Waals surface area contributed by atoms with Crippen molar-refractivity contribution in [1.29, 1.82) is 0 Å². The Kier molecular flexibility index (Phi) is 9.22. The van der Waals surface area contributed by atoms with E-state index in [0.717, 1.165) is 12.1 Å². The summed E-state index contributed by atoms with van der Waals surface area (Å²) in [5.74, 6) is 0. The van der Waals surface area contributed by atoms with Gasteiger partial charge in [0.15, 0.2) is 0 Å². The topological polar surface area (TPSA) is 252 Å². The normalized spacial score (nSPS) is 13.1. The third kappa shape index (κ3) is 7.77. The molecule has 5 aromatic rings. The monoisotopic (exact) mass is 709 g/mol. The first-order valence-electron chi connectivity index (χ1n) is 13.4. The zero-order chi connectivity index (χ0) is 34.9. The lowest BCUT2D eigenvalue weighted by Crippen LogP contribution is -2.03. The highest BCUT2D eigenvalue weighted by molar-refractivity contribution is 7.86. The summed E-state index contributed by atoms with van der Waals surface area (Å²) < 4.78 is 99.2. The van der Waals surface area contributed by atoms with Crippen LogP contribution in [0.3, 0.4) is 0 Å². The van der Waals surface area contributed by atoms with Gasteiger partial charge in [0, 0.05) is 33.7 Å². The van der Waals surface area contributed by atoms with E-state index < -0.39 is 40.1 Å². The molecule has 18 heteroatoms. The Hall–Kier alpha value is -5.37. The van der Waals surface area contributed by atoms with Crippen molar-refractivity contribution in [3.63, 3.8) is 0 Å². The third-order valence-electron chi connectivity index (χ3n) is 6.74. The standard InChI is InChI=1S/C30H23N5O10S3/c31-21-9-7-19(29(17-21)47(40,41)42)5-6-20-8-12-23(18-30(20)48(43,44)45)35(36)34-28-16-15-27(25-3-1-2-4-26(25)28)33-32-22-10-13-24(14-11-22)46(37,38)39/h1-18H,31H2,(H,37,38,39)(H,40,41,42)(H,43,44,45). The summed E-state index contributed by atoms with van der Waals surface area (Å²) in [5.41, 5.74) is 6.12. The minimum atomic E-state index is -4.90. The fourth-order valence-corrected chi connectivity index (χ4v) is 6.39. The summed E-state index contributed by atoms with van der Waals surface area (Å²) in [5, 5.41) is 26.5. The molecule has 5 rings (SSSR count). The number of rotatable bonds is 9. The van der Waals surface area contributed by atoms with Crippen molar-refractivity contribution in [3.05, 3.63) is 113 Å². The Balaban J connectivity index is 1.49. The molecule has 0 atom stereocenters. The molecule has 0 bridgehead atoms. The van der Waals surface area contributed by atoms with Crippen LogP contribution in [0.5, 0.6) is 0 Å². The second-order valence-electron chi connectivity index (χ2n) is 9.99. The first-order chi connectivity index (χ1) is 22.5. The predicted molar refractivity (Wildman–Crippen MR) is 176 cm³/mol. The van der Waals surface area contributed by atoms with Gasteiger partial charge in [-0.3, -0.25) is 13.7 Å². The zero-order valence-electron chi connectivity index (χ0n) is 24.2. The van der Waals surface area contributed by atoms with Gasteiger partial charge in [-0.2, -0.15) is 30.4 Å². The Morgan fingerprint density at radius 2 is 1.17 bits per heavy atom. The molecule has 0 amide bonds. The van der Waals surface area contributed by atoms with Gasteiger partial charge in [-0.15, -0.1) is 5.11 Å². The Morgan fingerprint density at radius 3 is 1.75 bits per heavy atom. The largest absolute Gasteiger partial charge is 0.594 e.